The van der Waals surface area contributed by atoms with Gasteiger partial charge in [0.1, 0.15) is 0 Å². The molecule has 0 radical (unpaired) electrons. The van der Waals surface area contributed by atoms with E-state index in [2.05, 4.69) is 0 Å². The van der Waals surface area contributed by atoms with Crippen LogP contribution in [0.2, 0.25) is 10.0 Å². The van der Waals surface area contributed by atoms with Crippen molar-refractivity contribution in [1.29, 1.82) is 0 Å². The van der Waals surface area contributed by atoms with Crippen LogP contribution in [0.5, 0.6) is 0 Å². The lowest BCUT2D eigenvalue weighted by Crippen LogP contribution is -2.24. The number of hydrogen-bond acceptors (Lipinski definition) is 3. The second kappa shape index (κ2) is 5.92. The van der Waals surface area contributed by atoms with Gasteiger partial charge in [0.05, 0.1) is 20.7 Å². The topological polar surface area (TPSA) is 71.4 Å². The van der Waals surface area contributed by atoms with Crippen LogP contribution in [0.25, 0.3) is 0 Å². The van der Waals surface area contributed by atoms with Crippen molar-refractivity contribution in [3.05, 3.63) is 27.7 Å². The van der Waals surface area contributed by atoms with Crippen LogP contribution in [-0.4, -0.2) is 24.7 Å². The summed E-state index contributed by atoms with van der Waals surface area (Å²) in [5, 5.41) is 8.35. The Morgan fingerprint density at radius 3 is 2.30 bits per heavy atom. The second-order valence-corrected chi connectivity index (χ2v) is 7.89. The van der Waals surface area contributed by atoms with Crippen molar-refractivity contribution >= 4 is 39.0 Å². The maximum Gasteiger partial charge on any atom is 0.337 e. The molecule has 2 rings (SSSR count). The van der Waals surface area contributed by atoms with Crippen molar-refractivity contribution in [2.45, 2.75) is 42.2 Å². The van der Waals surface area contributed by atoms with Gasteiger partial charge < -0.3 is 5.11 Å². The van der Waals surface area contributed by atoms with Crippen LogP contribution in [0.1, 0.15) is 42.5 Å². The van der Waals surface area contributed by atoms with Gasteiger partial charge in [-0.15, -0.1) is 0 Å². The van der Waals surface area contributed by atoms with Crippen LogP contribution in [0, 0.1) is 0 Å². The Morgan fingerprint density at radius 1 is 1.15 bits per heavy atom. The fourth-order valence-electron chi connectivity index (χ4n) is 2.48. The van der Waals surface area contributed by atoms with Gasteiger partial charge in [0.15, 0.2) is 9.84 Å². The Hall–Kier alpha value is -0.780. The number of sulfone groups is 1. The first-order valence-electron chi connectivity index (χ1n) is 6.30. The van der Waals surface area contributed by atoms with Crippen LogP contribution in [0.15, 0.2) is 17.0 Å². The molecule has 1 N–H and O–H groups in total. The number of carbonyl (C=O) groups is 1. The monoisotopic (exact) mass is 336 g/mol. The Morgan fingerprint density at radius 2 is 1.75 bits per heavy atom. The highest BCUT2D eigenvalue weighted by Gasteiger charge is 2.32. The van der Waals surface area contributed by atoms with Crippen molar-refractivity contribution < 1.29 is 18.3 Å². The van der Waals surface area contributed by atoms with Gasteiger partial charge in [-0.25, -0.2) is 13.2 Å². The van der Waals surface area contributed by atoms with Gasteiger partial charge in [-0.1, -0.05) is 42.5 Å². The molecule has 7 heteroatoms. The van der Waals surface area contributed by atoms with Crippen molar-refractivity contribution in [3.8, 4) is 0 Å². The quantitative estimate of drug-likeness (QED) is 0.911. The van der Waals surface area contributed by atoms with E-state index in [-0.39, 0.29) is 20.5 Å². The van der Waals surface area contributed by atoms with Gasteiger partial charge in [-0.3, -0.25) is 0 Å². The molecule has 1 aliphatic carbocycles. The normalized spacial score (nSPS) is 17.1. The average Bonchev–Trinajstić information content (AvgIpc) is 2.41. The third-order valence-corrected chi connectivity index (χ3v) is 6.55. The standard InChI is InChI=1S/C13H14Cl2O4S/c14-8-6-10(13(16)17)12(15)11(7-8)20(18,19)9-4-2-1-3-5-9/h6-7,9H,1-5H2,(H,16,17). The minimum atomic E-state index is -3.65. The molecule has 1 aliphatic rings. The van der Waals surface area contributed by atoms with Crippen LogP contribution >= 0.6 is 23.2 Å². The van der Waals surface area contributed by atoms with Gasteiger partial charge >= 0.3 is 5.97 Å². The van der Waals surface area contributed by atoms with E-state index in [4.69, 9.17) is 28.3 Å². The van der Waals surface area contributed by atoms with E-state index in [0.717, 1.165) is 25.3 Å². The molecular formula is C13H14Cl2O4S. The number of hydrogen-bond donors (Lipinski definition) is 1. The molecule has 0 aliphatic heterocycles. The summed E-state index contributed by atoms with van der Waals surface area (Å²) in [7, 11) is -3.65. The van der Waals surface area contributed by atoms with Crippen molar-refractivity contribution in [1.82, 2.24) is 0 Å². The third-order valence-electron chi connectivity index (χ3n) is 3.53. The Bertz CT molecular complexity index is 634. The maximum atomic E-state index is 12.6. The summed E-state index contributed by atoms with van der Waals surface area (Å²) in [6, 6.07) is 2.40. The fraction of sp³-hybridized carbons (Fsp3) is 0.462. The molecule has 1 fully saturated rings. The predicted molar refractivity (Wildman–Crippen MR) is 77.5 cm³/mol. The Balaban J connectivity index is 2.53. The summed E-state index contributed by atoms with van der Waals surface area (Å²) in [6.45, 7) is 0. The molecule has 1 aromatic rings. The zero-order valence-electron chi connectivity index (χ0n) is 10.6. The number of carboxylic acids is 1. The highest BCUT2D eigenvalue weighted by atomic mass is 35.5. The van der Waals surface area contributed by atoms with E-state index in [9.17, 15) is 13.2 Å². The molecule has 0 bridgehead atoms. The molecule has 0 heterocycles. The van der Waals surface area contributed by atoms with E-state index < -0.39 is 21.1 Å². The van der Waals surface area contributed by atoms with Gasteiger partial charge in [0.2, 0.25) is 0 Å². The van der Waals surface area contributed by atoms with Gasteiger partial charge in [-0.05, 0) is 25.0 Å². The first kappa shape index (κ1) is 15.6. The summed E-state index contributed by atoms with van der Waals surface area (Å²) >= 11 is 11.8. The van der Waals surface area contributed by atoms with Crippen LogP contribution in [0.4, 0.5) is 0 Å². The summed E-state index contributed by atoms with van der Waals surface area (Å²) in [6.07, 6.45) is 3.89. The number of rotatable bonds is 3. The molecule has 0 amide bonds. The number of benzene rings is 1. The van der Waals surface area contributed by atoms with Crippen molar-refractivity contribution in [3.63, 3.8) is 0 Å². The fourth-order valence-corrected chi connectivity index (χ4v) is 5.24. The number of aromatic carboxylic acids is 1. The largest absolute Gasteiger partial charge is 0.478 e. The first-order valence-corrected chi connectivity index (χ1v) is 8.60. The molecule has 0 unspecified atom stereocenters. The van der Waals surface area contributed by atoms with E-state index in [0.29, 0.717) is 12.8 Å². The minimum absolute atomic E-state index is 0.0567. The molecule has 110 valence electrons. The number of halogens is 2. The summed E-state index contributed by atoms with van der Waals surface area (Å²) in [5.74, 6) is -1.29. The molecule has 1 aromatic carbocycles. The van der Waals surface area contributed by atoms with E-state index in [1.54, 1.807) is 0 Å². The smallest absolute Gasteiger partial charge is 0.337 e. The maximum absolute atomic E-state index is 12.6. The van der Waals surface area contributed by atoms with Gasteiger partial charge in [0.25, 0.3) is 0 Å². The lowest BCUT2D eigenvalue weighted by molar-refractivity contribution is 0.0697. The minimum Gasteiger partial charge on any atom is -0.478 e. The molecule has 0 aromatic heterocycles. The highest BCUT2D eigenvalue weighted by molar-refractivity contribution is 7.92. The molecular weight excluding hydrogens is 323 g/mol. The van der Waals surface area contributed by atoms with Gasteiger partial charge in [0, 0.05) is 5.02 Å². The van der Waals surface area contributed by atoms with Crippen LogP contribution in [-0.2, 0) is 9.84 Å². The van der Waals surface area contributed by atoms with Crippen molar-refractivity contribution in [2.75, 3.05) is 0 Å². The second-order valence-electron chi connectivity index (χ2n) is 4.88. The zero-order chi connectivity index (χ0) is 14.9. The summed E-state index contributed by atoms with van der Waals surface area (Å²) in [5.41, 5.74) is -0.284. The Kier molecular flexibility index (Phi) is 4.62. The average molecular weight is 337 g/mol. The molecule has 1 saturated carbocycles. The molecule has 20 heavy (non-hydrogen) atoms. The molecule has 0 atom stereocenters. The molecule has 0 spiro atoms. The lowest BCUT2D eigenvalue weighted by atomic mass is 10.0. The van der Waals surface area contributed by atoms with E-state index in [1.165, 1.54) is 6.07 Å². The van der Waals surface area contributed by atoms with Gasteiger partial charge in [-0.2, -0.15) is 0 Å². The van der Waals surface area contributed by atoms with Crippen molar-refractivity contribution in [2.24, 2.45) is 0 Å². The first-order chi connectivity index (χ1) is 9.34. The predicted octanol–water partition coefficient (Wildman–Crippen LogP) is 3.80. The SMILES string of the molecule is O=C(O)c1cc(Cl)cc(S(=O)(=O)C2CCCCC2)c1Cl. The highest BCUT2D eigenvalue weighted by Crippen LogP contribution is 2.35. The van der Waals surface area contributed by atoms with E-state index >= 15 is 0 Å². The summed E-state index contributed by atoms with van der Waals surface area (Å²) in [4.78, 5) is 10.9. The number of carboxylic acid groups (broad SMARTS) is 1. The third kappa shape index (κ3) is 2.95. The Labute approximate surface area is 127 Å². The van der Waals surface area contributed by atoms with E-state index in [1.807, 2.05) is 0 Å². The van der Waals surface area contributed by atoms with Crippen LogP contribution < -0.4 is 0 Å². The molecule has 4 nitrogen and oxygen atoms in total. The molecule has 0 saturated heterocycles. The van der Waals surface area contributed by atoms with Crippen LogP contribution in [0.3, 0.4) is 0 Å². The zero-order valence-corrected chi connectivity index (χ0v) is 12.9. The summed E-state index contributed by atoms with van der Waals surface area (Å²) < 4.78 is 25.2. The lowest BCUT2D eigenvalue weighted by Gasteiger charge is -2.22.